The number of fused-ring (bicyclic) bond motifs is 1. The van der Waals surface area contributed by atoms with Gasteiger partial charge in [0.2, 0.25) is 0 Å². The third kappa shape index (κ3) is 1.63. The van der Waals surface area contributed by atoms with Crippen LogP contribution in [-0.2, 0) is 18.4 Å². The minimum atomic E-state index is -0.261. The number of halogens is 1. The average Bonchev–Trinajstić information content (AvgIpc) is 3.05. The number of phenols is 1. The van der Waals surface area contributed by atoms with Crippen molar-refractivity contribution in [2.24, 2.45) is 5.73 Å². The second-order valence-corrected chi connectivity index (χ2v) is 6.28. The molecule has 0 heterocycles. The molecule has 2 nitrogen and oxygen atoms in total. The highest BCUT2D eigenvalue weighted by atomic mass is 79.9. The van der Waals surface area contributed by atoms with E-state index in [1.165, 1.54) is 29.5 Å². The summed E-state index contributed by atoms with van der Waals surface area (Å²) in [5.41, 5.74) is 11.0. The number of aromatic hydroxyl groups is 1. The summed E-state index contributed by atoms with van der Waals surface area (Å²) < 4.78 is 0.893. The molecule has 1 saturated carbocycles. The predicted octanol–water partition coefficient (Wildman–Crippen LogP) is 3.29. The van der Waals surface area contributed by atoms with Gasteiger partial charge in [0.05, 0.1) is 4.47 Å². The monoisotopic (exact) mass is 295 g/mol. The highest BCUT2D eigenvalue weighted by molar-refractivity contribution is 9.10. The Kier molecular flexibility index (Phi) is 2.53. The Balaban J connectivity index is 2.26. The van der Waals surface area contributed by atoms with Gasteiger partial charge in [-0.3, -0.25) is 0 Å². The van der Waals surface area contributed by atoms with Gasteiger partial charge in [0.1, 0.15) is 5.75 Å². The SMILES string of the molecule is Cc1c2c(c(Br)c(O)c1C1(N)CC1)CCCC2. The Labute approximate surface area is 110 Å². The van der Waals surface area contributed by atoms with Gasteiger partial charge in [-0.25, -0.2) is 0 Å². The first-order chi connectivity index (χ1) is 8.04. The molecule has 0 aromatic heterocycles. The van der Waals surface area contributed by atoms with E-state index in [9.17, 15) is 5.11 Å². The Morgan fingerprint density at radius 1 is 1.18 bits per heavy atom. The van der Waals surface area contributed by atoms with Gasteiger partial charge >= 0.3 is 0 Å². The van der Waals surface area contributed by atoms with Crippen LogP contribution in [0.15, 0.2) is 4.47 Å². The van der Waals surface area contributed by atoms with E-state index >= 15 is 0 Å². The Morgan fingerprint density at radius 3 is 2.35 bits per heavy atom. The van der Waals surface area contributed by atoms with E-state index in [1.54, 1.807) is 0 Å². The number of hydrogen-bond acceptors (Lipinski definition) is 2. The molecule has 0 spiro atoms. The van der Waals surface area contributed by atoms with Crippen LogP contribution in [0, 0.1) is 6.92 Å². The van der Waals surface area contributed by atoms with Crippen LogP contribution in [0.1, 0.15) is 47.9 Å². The third-order valence-electron chi connectivity index (χ3n) is 4.29. The van der Waals surface area contributed by atoms with Crippen LogP contribution >= 0.6 is 15.9 Å². The van der Waals surface area contributed by atoms with Crippen molar-refractivity contribution < 1.29 is 5.11 Å². The van der Waals surface area contributed by atoms with Gasteiger partial charge in [-0.2, -0.15) is 0 Å². The van der Waals surface area contributed by atoms with Crippen molar-refractivity contribution in [3.63, 3.8) is 0 Å². The van der Waals surface area contributed by atoms with Crippen molar-refractivity contribution in [2.45, 2.75) is 51.0 Å². The van der Waals surface area contributed by atoms with E-state index in [1.807, 2.05) is 0 Å². The fourth-order valence-electron chi connectivity index (χ4n) is 3.14. The van der Waals surface area contributed by atoms with E-state index in [-0.39, 0.29) is 5.54 Å². The van der Waals surface area contributed by atoms with E-state index in [0.29, 0.717) is 5.75 Å². The van der Waals surface area contributed by atoms with Gasteiger partial charge in [-0.1, -0.05) is 0 Å². The van der Waals surface area contributed by atoms with Gasteiger partial charge in [-0.15, -0.1) is 0 Å². The van der Waals surface area contributed by atoms with Crippen molar-refractivity contribution in [1.29, 1.82) is 0 Å². The topological polar surface area (TPSA) is 46.2 Å². The molecule has 0 radical (unpaired) electrons. The normalized spacial score (nSPS) is 21.1. The molecule has 1 aromatic rings. The molecule has 2 aliphatic rings. The van der Waals surface area contributed by atoms with E-state index in [2.05, 4.69) is 22.9 Å². The quantitative estimate of drug-likeness (QED) is 0.835. The maximum absolute atomic E-state index is 10.4. The first-order valence-corrected chi connectivity index (χ1v) is 7.16. The summed E-state index contributed by atoms with van der Waals surface area (Å²) in [5, 5.41) is 10.4. The fraction of sp³-hybridized carbons (Fsp3) is 0.571. The lowest BCUT2D eigenvalue weighted by Gasteiger charge is -2.26. The van der Waals surface area contributed by atoms with Crippen molar-refractivity contribution in [2.75, 3.05) is 0 Å². The molecule has 3 heteroatoms. The first-order valence-electron chi connectivity index (χ1n) is 6.37. The van der Waals surface area contributed by atoms with Crippen LogP contribution in [0.3, 0.4) is 0 Å². The zero-order valence-electron chi connectivity index (χ0n) is 10.1. The summed E-state index contributed by atoms with van der Waals surface area (Å²) in [5.74, 6) is 0.392. The highest BCUT2D eigenvalue weighted by Gasteiger charge is 2.44. The summed E-state index contributed by atoms with van der Waals surface area (Å²) in [4.78, 5) is 0. The minimum Gasteiger partial charge on any atom is -0.506 e. The van der Waals surface area contributed by atoms with Crippen molar-refractivity contribution >= 4 is 15.9 Å². The molecule has 92 valence electrons. The van der Waals surface area contributed by atoms with Crippen LogP contribution in [-0.4, -0.2) is 5.11 Å². The van der Waals surface area contributed by atoms with E-state index < -0.39 is 0 Å². The maximum Gasteiger partial charge on any atom is 0.135 e. The molecule has 2 aliphatic carbocycles. The Bertz CT molecular complexity index is 492. The van der Waals surface area contributed by atoms with Crippen molar-refractivity contribution in [1.82, 2.24) is 0 Å². The molecule has 0 atom stereocenters. The number of nitrogens with two attached hydrogens (primary N) is 1. The highest BCUT2D eigenvalue weighted by Crippen LogP contribution is 2.52. The van der Waals surface area contributed by atoms with Crippen LogP contribution in [0.5, 0.6) is 5.75 Å². The summed E-state index contributed by atoms with van der Waals surface area (Å²) in [6.45, 7) is 2.12. The van der Waals surface area contributed by atoms with Crippen molar-refractivity contribution in [3.05, 3.63) is 26.7 Å². The smallest absolute Gasteiger partial charge is 0.135 e. The lowest BCUT2D eigenvalue weighted by Crippen LogP contribution is -2.22. The molecule has 0 aliphatic heterocycles. The molecule has 0 saturated heterocycles. The lowest BCUT2D eigenvalue weighted by molar-refractivity contribution is 0.452. The molecule has 1 aromatic carbocycles. The van der Waals surface area contributed by atoms with E-state index in [0.717, 1.165) is 35.7 Å². The van der Waals surface area contributed by atoms with Crippen LogP contribution < -0.4 is 5.73 Å². The lowest BCUT2D eigenvalue weighted by atomic mass is 9.83. The Morgan fingerprint density at radius 2 is 1.76 bits per heavy atom. The van der Waals surface area contributed by atoms with Crippen molar-refractivity contribution in [3.8, 4) is 5.75 Å². The van der Waals surface area contributed by atoms with Crippen LogP contribution in [0.4, 0.5) is 0 Å². The molecule has 0 bridgehead atoms. The zero-order valence-corrected chi connectivity index (χ0v) is 11.7. The van der Waals surface area contributed by atoms with Gasteiger partial charge in [0, 0.05) is 11.1 Å². The van der Waals surface area contributed by atoms with Gasteiger partial charge < -0.3 is 10.8 Å². The summed E-state index contributed by atoms with van der Waals surface area (Å²) in [6, 6.07) is 0. The van der Waals surface area contributed by atoms with Gasteiger partial charge in [0.25, 0.3) is 0 Å². The maximum atomic E-state index is 10.4. The number of hydrogen-bond donors (Lipinski definition) is 2. The van der Waals surface area contributed by atoms with Crippen LogP contribution in [0.25, 0.3) is 0 Å². The molecule has 1 fully saturated rings. The fourth-order valence-corrected chi connectivity index (χ4v) is 3.77. The molecular weight excluding hydrogens is 278 g/mol. The Hall–Kier alpha value is -0.540. The summed E-state index contributed by atoms with van der Waals surface area (Å²) >= 11 is 3.57. The second kappa shape index (κ2) is 3.72. The molecule has 0 unspecified atom stereocenters. The summed E-state index contributed by atoms with van der Waals surface area (Å²) in [7, 11) is 0. The predicted molar refractivity (Wildman–Crippen MR) is 72.3 cm³/mol. The molecule has 3 N–H and O–H groups in total. The third-order valence-corrected chi connectivity index (χ3v) is 5.15. The minimum absolute atomic E-state index is 0.261. The first kappa shape index (κ1) is 11.5. The summed E-state index contributed by atoms with van der Waals surface area (Å²) in [6.07, 6.45) is 6.66. The van der Waals surface area contributed by atoms with Gasteiger partial charge in [-0.05, 0) is 78.1 Å². The van der Waals surface area contributed by atoms with Gasteiger partial charge in [0.15, 0.2) is 0 Å². The molecular formula is C14H18BrNO. The molecule has 0 amide bonds. The number of phenolic OH excluding ortho intramolecular Hbond substituents is 1. The van der Waals surface area contributed by atoms with E-state index in [4.69, 9.17) is 5.73 Å². The average molecular weight is 296 g/mol. The molecule has 17 heavy (non-hydrogen) atoms. The molecule has 3 rings (SSSR count). The van der Waals surface area contributed by atoms with Crippen LogP contribution in [0.2, 0.25) is 0 Å². The number of benzene rings is 1. The largest absolute Gasteiger partial charge is 0.506 e. The number of rotatable bonds is 1. The zero-order chi connectivity index (χ0) is 12.2. The standard InChI is InChI=1S/C14H18BrNO/c1-8-9-4-2-3-5-10(9)12(15)13(17)11(8)14(16)6-7-14/h17H,2-7,16H2,1H3. The second-order valence-electron chi connectivity index (χ2n) is 5.48.